The highest BCUT2D eigenvalue weighted by molar-refractivity contribution is 5.28. The quantitative estimate of drug-likeness (QED) is 0.669. The van der Waals surface area contributed by atoms with Crippen LogP contribution in [0.3, 0.4) is 0 Å². The zero-order valence-electron chi connectivity index (χ0n) is 12.8. The van der Waals surface area contributed by atoms with E-state index in [1.54, 1.807) is 7.11 Å². The maximum Gasteiger partial charge on any atom is 0.119 e. The van der Waals surface area contributed by atoms with Crippen LogP contribution in [0.1, 0.15) is 31.4 Å². The molecule has 1 rings (SSSR count). The Morgan fingerprint density at radius 3 is 2.50 bits per heavy atom. The Balaban J connectivity index is 2.40. The van der Waals surface area contributed by atoms with Gasteiger partial charge in [0.2, 0.25) is 0 Å². The van der Waals surface area contributed by atoms with E-state index < -0.39 is 6.10 Å². The highest BCUT2D eigenvalue weighted by atomic mass is 16.5. The lowest BCUT2D eigenvalue weighted by Gasteiger charge is -2.20. The van der Waals surface area contributed by atoms with Crippen LogP contribution >= 0.6 is 0 Å². The second-order valence-corrected chi connectivity index (χ2v) is 5.04. The minimum Gasteiger partial charge on any atom is -0.494 e. The van der Waals surface area contributed by atoms with E-state index in [1.807, 2.05) is 31.3 Å². The van der Waals surface area contributed by atoms with Gasteiger partial charge in [-0.3, -0.25) is 0 Å². The van der Waals surface area contributed by atoms with Crippen molar-refractivity contribution in [3.63, 3.8) is 0 Å². The fraction of sp³-hybridized carbons (Fsp3) is 0.625. The lowest BCUT2D eigenvalue weighted by molar-refractivity contribution is 0.117. The molecular formula is C16H27NO3. The number of aliphatic hydroxyl groups is 1. The molecule has 1 N–H and O–H groups in total. The van der Waals surface area contributed by atoms with Gasteiger partial charge in [-0.15, -0.1) is 0 Å². The number of likely N-dealkylation sites (N-methyl/N-ethyl adjacent to an activating group) is 1. The van der Waals surface area contributed by atoms with Crippen LogP contribution in [0.4, 0.5) is 0 Å². The molecule has 0 aliphatic rings. The lowest BCUT2D eigenvalue weighted by atomic mass is 10.1. The molecule has 0 heterocycles. The third-order valence-corrected chi connectivity index (χ3v) is 3.11. The summed E-state index contributed by atoms with van der Waals surface area (Å²) in [5, 5.41) is 10.2. The van der Waals surface area contributed by atoms with Gasteiger partial charge in [0.1, 0.15) is 5.75 Å². The zero-order valence-corrected chi connectivity index (χ0v) is 12.8. The van der Waals surface area contributed by atoms with Gasteiger partial charge < -0.3 is 19.5 Å². The van der Waals surface area contributed by atoms with E-state index >= 15 is 0 Å². The van der Waals surface area contributed by atoms with E-state index in [9.17, 15) is 5.11 Å². The van der Waals surface area contributed by atoms with Crippen molar-refractivity contribution in [2.45, 2.75) is 25.9 Å². The summed E-state index contributed by atoms with van der Waals surface area (Å²) >= 11 is 0. The SMILES string of the molecule is CCCOc1ccc(C(O)CN(C)CCCOC)cc1. The summed E-state index contributed by atoms with van der Waals surface area (Å²) in [4.78, 5) is 2.12. The average Bonchev–Trinajstić information content (AvgIpc) is 2.46. The van der Waals surface area contributed by atoms with Crippen LogP contribution in [-0.2, 0) is 4.74 Å². The van der Waals surface area contributed by atoms with Gasteiger partial charge in [-0.1, -0.05) is 19.1 Å². The predicted octanol–water partition coefficient (Wildman–Crippen LogP) is 2.48. The van der Waals surface area contributed by atoms with Gasteiger partial charge in [0, 0.05) is 26.8 Å². The molecule has 1 aromatic carbocycles. The van der Waals surface area contributed by atoms with E-state index in [1.165, 1.54) is 0 Å². The first kappa shape index (κ1) is 17.0. The van der Waals surface area contributed by atoms with Gasteiger partial charge in [-0.05, 0) is 37.6 Å². The highest BCUT2D eigenvalue weighted by Gasteiger charge is 2.10. The van der Waals surface area contributed by atoms with Crippen LogP contribution in [0.2, 0.25) is 0 Å². The van der Waals surface area contributed by atoms with Crippen molar-refractivity contribution < 1.29 is 14.6 Å². The van der Waals surface area contributed by atoms with Crippen molar-refractivity contribution in [1.82, 2.24) is 4.90 Å². The Bertz CT molecular complexity index is 353. The molecule has 0 saturated heterocycles. The molecular weight excluding hydrogens is 254 g/mol. The zero-order chi connectivity index (χ0) is 14.8. The third-order valence-electron chi connectivity index (χ3n) is 3.11. The minimum absolute atomic E-state index is 0.470. The maximum absolute atomic E-state index is 10.2. The summed E-state index contributed by atoms with van der Waals surface area (Å²) in [6, 6.07) is 7.69. The molecule has 20 heavy (non-hydrogen) atoms. The molecule has 0 aromatic heterocycles. The second kappa shape index (κ2) is 9.75. The molecule has 0 saturated carbocycles. The minimum atomic E-state index is -0.470. The smallest absolute Gasteiger partial charge is 0.119 e. The fourth-order valence-corrected chi connectivity index (χ4v) is 1.98. The Kier molecular flexibility index (Phi) is 8.26. The first-order chi connectivity index (χ1) is 9.67. The lowest BCUT2D eigenvalue weighted by Crippen LogP contribution is -2.26. The fourth-order valence-electron chi connectivity index (χ4n) is 1.98. The van der Waals surface area contributed by atoms with Crippen LogP contribution in [0.25, 0.3) is 0 Å². The number of rotatable bonds is 10. The summed E-state index contributed by atoms with van der Waals surface area (Å²) in [7, 11) is 3.72. The Morgan fingerprint density at radius 1 is 1.20 bits per heavy atom. The molecule has 1 unspecified atom stereocenters. The number of hydrogen-bond acceptors (Lipinski definition) is 4. The molecule has 0 amide bonds. The second-order valence-electron chi connectivity index (χ2n) is 5.04. The van der Waals surface area contributed by atoms with Crippen LogP contribution in [0.15, 0.2) is 24.3 Å². The monoisotopic (exact) mass is 281 g/mol. The largest absolute Gasteiger partial charge is 0.494 e. The molecule has 0 aliphatic heterocycles. The molecule has 0 radical (unpaired) electrons. The van der Waals surface area contributed by atoms with Gasteiger partial charge in [0.25, 0.3) is 0 Å². The van der Waals surface area contributed by atoms with Gasteiger partial charge in [0.05, 0.1) is 12.7 Å². The van der Waals surface area contributed by atoms with Crippen LogP contribution < -0.4 is 4.74 Å². The van der Waals surface area contributed by atoms with E-state index in [4.69, 9.17) is 9.47 Å². The summed E-state index contributed by atoms with van der Waals surface area (Å²) in [6.45, 7) is 5.10. The first-order valence-corrected chi connectivity index (χ1v) is 7.25. The molecule has 0 spiro atoms. The maximum atomic E-state index is 10.2. The third kappa shape index (κ3) is 6.37. The number of methoxy groups -OCH3 is 1. The Hall–Kier alpha value is -1.10. The Labute approximate surface area is 122 Å². The van der Waals surface area contributed by atoms with Crippen LogP contribution in [0.5, 0.6) is 5.75 Å². The predicted molar refractivity (Wildman–Crippen MR) is 81.2 cm³/mol. The van der Waals surface area contributed by atoms with E-state index in [2.05, 4.69) is 11.8 Å². The molecule has 4 nitrogen and oxygen atoms in total. The number of hydrogen-bond donors (Lipinski definition) is 1. The summed E-state index contributed by atoms with van der Waals surface area (Å²) in [5.41, 5.74) is 0.924. The van der Waals surface area contributed by atoms with E-state index in [0.717, 1.165) is 43.9 Å². The molecule has 0 aliphatic carbocycles. The van der Waals surface area contributed by atoms with Gasteiger partial charge in [0.15, 0.2) is 0 Å². The summed E-state index contributed by atoms with van der Waals surface area (Å²) in [5.74, 6) is 0.858. The molecule has 114 valence electrons. The average molecular weight is 281 g/mol. The summed E-state index contributed by atoms with van der Waals surface area (Å²) < 4.78 is 10.6. The number of benzene rings is 1. The Morgan fingerprint density at radius 2 is 1.90 bits per heavy atom. The van der Waals surface area contributed by atoms with Gasteiger partial charge in [-0.25, -0.2) is 0 Å². The van der Waals surface area contributed by atoms with Crippen molar-refractivity contribution in [2.24, 2.45) is 0 Å². The topological polar surface area (TPSA) is 41.9 Å². The normalized spacial score (nSPS) is 12.7. The van der Waals surface area contributed by atoms with Gasteiger partial charge in [-0.2, -0.15) is 0 Å². The van der Waals surface area contributed by atoms with Crippen molar-refractivity contribution in [1.29, 1.82) is 0 Å². The van der Waals surface area contributed by atoms with E-state index in [-0.39, 0.29) is 0 Å². The highest BCUT2D eigenvalue weighted by Crippen LogP contribution is 2.18. The summed E-state index contributed by atoms with van der Waals surface area (Å²) in [6.07, 6.45) is 1.50. The molecule has 1 atom stereocenters. The van der Waals surface area contributed by atoms with Crippen LogP contribution in [0, 0.1) is 0 Å². The molecule has 0 fully saturated rings. The van der Waals surface area contributed by atoms with Gasteiger partial charge >= 0.3 is 0 Å². The van der Waals surface area contributed by atoms with Crippen LogP contribution in [-0.4, -0.2) is 50.5 Å². The standard InChI is InChI=1S/C16H27NO3/c1-4-11-20-15-8-6-14(7-9-15)16(18)13-17(2)10-5-12-19-3/h6-9,16,18H,4-5,10-13H2,1-3H3. The number of nitrogens with zero attached hydrogens (tertiary/aromatic N) is 1. The first-order valence-electron chi connectivity index (χ1n) is 7.25. The number of aliphatic hydroxyl groups excluding tert-OH is 1. The molecule has 1 aromatic rings. The van der Waals surface area contributed by atoms with Crippen molar-refractivity contribution >= 4 is 0 Å². The van der Waals surface area contributed by atoms with Crippen molar-refractivity contribution in [2.75, 3.05) is 40.5 Å². The molecule has 4 heteroatoms. The van der Waals surface area contributed by atoms with E-state index in [0.29, 0.717) is 6.54 Å². The van der Waals surface area contributed by atoms with Crippen molar-refractivity contribution in [3.8, 4) is 5.75 Å². The molecule has 0 bridgehead atoms. The number of ether oxygens (including phenoxy) is 2. The van der Waals surface area contributed by atoms with Crippen molar-refractivity contribution in [3.05, 3.63) is 29.8 Å².